The second-order valence-corrected chi connectivity index (χ2v) is 12.0. The van der Waals surface area contributed by atoms with E-state index in [9.17, 15) is 0 Å². The maximum absolute atomic E-state index is 6.74. The van der Waals surface area contributed by atoms with Gasteiger partial charge in [0.05, 0.1) is 5.39 Å². The molecule has 6 aromatic rings. The van der Waals surface area contributed by atoms with Crippen LogP contribution in [0.3, 0.4) is 0 Å². The molecule has 2 nitrogen and oxygen atoms in total. The van der Waals surface area contributed by atoms with Gasteiger partial charge in [0.15, 0.2) is 11.9 Å². The summed E-state index contributed by atoms with van der Waals surface area (Å²) in [6, 6.07) is 26.8. The van der Waals surface area contributed by atoms with Crippen molar-refractivity contribution in [3.05, 3.63) is 95.8 Å². The summed E-state index contributed by atoms with van der Waals surface area (Å²) in [5.41, 5.74) is 9.93. The van der Waals surface area contributed by atoms with Gasteiger partial charge in [-0.1, -0.05) is 84.4 Å². The highest BCUT2D eigenvalue weighted by atomic mass is 16.3. The molecule has 3 heterocycles. The molecule has 0 aliphatic heterocycles. The summed E-state index contributed by atoms with van der Waals surface area (Å²) in [6.07, 6.45) is 5.49. The van der Waals surface area contributed by atoms with E-state index >= 15 is 0 Å². The molecule has 3 aromatic heterocycles. The van der Waals surface area contributed by atoms with Gasteiger partial charge in [-0.05, 0) is 58.7 Å². The van der Waals surface area contributed by atoms with Gasteiger partial charge in [0.2, 0.25) is 5.52 Å². The van der Waals surface area contributed by atoms with Crippen molar-refractivity contribution in [3.63, 3.8) is 0 Å². The molecule has 1 atom stereocenters. The predicted octanol–water partition coefficient (Wildman–Crippen LogP) is 9.59. The van der Waals surface area contributed by atoms with Crippen LogP contribution in [0.4, 0.5) is 0 Å². The van der Waals surface area contributed by atoms with Crippen LogP contribution in [0.15, 0.2) is 83.4 Å². The van der Waals surface area contributed by atoms with Crippen molar-refractivity contribution in [1.82, 2.24) is 0 Å². The lowest BCUT2D eigenvalue weighted by Crippen LogP contribution is -2.30. The Bertz CT molecular complexity index is 1800. The first-order valence-electron chi connectivity index (χ1n) is 14.1. The minimum Gasteiger partial charge on any atom is -0.455 e. The standard InChI is InChI=1S/C36H38NO/c1-7-23(3)21-32-27(8-2)29-18-19-30-28-17-14-25(24-12-15-26(16-13-24)36(4,5)6)22-33(28)38-35(30)34(29)31-11-9-10-20-37(31)32/h9-20,22-23H,7-8,21H2,1-6H3/q+1/t23-/m1/s1. The van der Waals surface area contributed by atoms with Crippen molar-refractivity contribution in [2.45, 2.75) is 66.2 Å². The third-order valence-electron chi connectivity index (χ3n) is 8.40. The zero-order valence-corrected chi connectivity index (χ0v) is 23.6. The summed E-state index contributed by atoms with van der Waals surface area (Å²) >= 11 is 0. The Kier molecular flexibility index (Phi) is 6.02. The van der Waals surface area contributed by atoms with E-state index in [0.29, 0.717) is 5.92 Å². The van der Waals surface area contributed by atoms with Gasteiger partial charge >= 0.3 is 0 Å². The van der Waals surface area contributed by atoms with Crippen LogP contribution in [0.25, 0.3) is 49.4 Å². The summed E-state index contributed by atoms with van der Waals surface area (Å²) < 4.78 is 9.16. The summed E-state index contributed by atoms with van der Waals surface area (Å²) in [4.78, 5) is 0. The monoisotopic (exact) mass is 500 g/mol. The van der Waals surface area contributed by atoms with Crippen molar-refractivity contribution < 1.29 is 8.82 Å². The van der Waals surface area contributed by atoms with Crippen molar-refractivity contribution >= 4 is 38.2 Å². The molecule has 3 aromatic carbocycles. The normalized spacial score (nSPS) is 13.2. The Labute approximate surface area is 225 Å². The van der Waals surface area contributed by atoms with Crippen molar-refractivity contribution in [1.29, 1.82) is 0 Å². The minimum absolute atomic E-state index is 0.148. The SMILES string of the molecule is CCc1c(C[C@H](C)CC)[n+]2ccccc2c2c1ccc1c3ccc(-c4ccc(C(C)(C)C)cc4)cc3oc12. The molecular weight excluding hydrogens is 462 g/mol. The van der Waals surface area contributed by atoms with Gasteiger partial charge < -0.3 is 4.42 Å². The number of pyridine rings is 2. The quantitative estimate of drug-likeness (QED) is 0.170. The number of hydrogen-bond acceptors (Lipinski definition) is 1. The Balaban J connectivity index is 1.59. The molecular formula is C36H38NO+. The first-order valence-corrected chi connectivity index (χ1v) is 14.1. The van der Waals surface area contributed by atoms with E-state index < -0.39 is 0 Å². The lowest BCUT2D eigenvalue weighted by Gasteiger charge is -2.19. The highest BCUT2D eigenvalue weighted by Crippen LogP contribution is 2.39. The Morgan fingerprint density at radius 2 is 1.53 bits per heavy atom. The molecule has 38 heavy (non-hydrogen) atoms. The minimum atomic E-state index is 0.148. The van der Waals surface area contributed by atoms with Crippen LogP contribution >= 0.6 is 0 Å². The first kappa shape index (κ1) is 24.7. The van der Waals surface area contributed by atoms with E-state index in [1.165, 1.54) is 61.4 Å². The molecule has 6 rings (SSSR count). The van der Waals surface area contributed by atoms with Crippen LogP contribution in [0.2, 0.25) is 0 Å². The van der Waals surface area contributed by atoms with Crippen LogP contribution in [0.1, 0.15) is 64.8 Å². The van der Waals surface area contributed by atoms with Gasteiger partial charge in [0.1, 0.15) is 11.2 Å². The van der Waals surface area contributed by atoms with Crippen molar-refractivity contribution in [2.24, 2.45) is 5.92 Å². The van der Waals surface area contributed by atoms with Crippen LogP contribution in [-0.4, -0.2) is 0 Å². The number of furan rings is 1. The molecule has 0 fully saturated rings. The van der Waals surface area contributed by atoms with Gasteiger partial charge in [0.25, 0.3) is 0 Å². The first-order chi connectivity index (χ1) is 18.3. The van der Waals surface area contributed by atoms with Gasteiger partial charge in [-0.15, -0.1) is 0 Å². The molecule has 0 saturated carbocycles. The maximum atomic E-state index is 6.74. The third kappa shape index (κ3) is 3.98. The Morgan fingerprint density at radius 3 is 2.24 bits per heavy atom. The lowest BCUT2D eigenvalue weighted by molar-refractivity contribution is -0.521. The molecule has 0 aliphatic carbocycles. The van der Waals surface area contributed by atoms with Gasteiger partial charge in [-0.25, -0.2) is 0 Å². The second-order valence-electron chi connectivity index (χ2n) is 12.0. The van der Waals surface area contributed by atoms with E-state index in [0.717, 1.165) is 24.0 Å². The van der Waals surface area contributed by atoms with Crippen LogP contribution in [-0.2, 0) is 18.3 Å². The third-order valence-corrected chi connectivity index (χ3v) is 8.40. The highest BCUT2D eigenvalue weighted by Gasteiger charge is 2.25. The van der Waals surface area contributed by atoms with E-state index in [1.807, 2.05) is 0 Å². The molecule has 192 valence electrons. The molecule has 0 saturated heterocycles. The predicted molar refractivity (Wildman–Crippen MR) is 161 cm³/mol. The summed E-state index contributed by atoms with van der Waals surface area (Å²) in [5, 5.41) is 4.90. The lowest BCUT2D eigenvalue weighted by atomic mass is 9.86. The molecule has 0 spiro atoms. The zero-order valence-electron chi connectivity index (χ0n) is 23.6. The number of nitrogens with zero attached hydrogens (tertiary/aromatic N) is 1. The molecule has 0 unspecified atom stereocenters. The Morgan fingerprint density at radius 1 is 0.816 bits per heavy atom. The average molecular weight is 501 g/mol. The molecule has 0 aliphatic rings. The van der Waals surface area contributed by atoms with Crippen LogP contribution in [0.5, 0.6) is 0 Å². The fraction of sp³-hybridized carbons (Fsp3) is 0.306. The van der Waals surface area contributed by atoms with Gasteiger partial charge in [0, 0.05) is 40.3 Å². The van der Waals surface area contributed by atoms with Crippen LogP contribution < -0.4 is 4.40 Å². The molecule has 2 heteroatoms. The largest absolute Gasteiger partial charge is 0.455 e. The number of rotatable bonds is 5. The summed E-state index contributed by atoms with van der Waals surface area (Å²) in [7, 11) is 0. The zero-order chi connectivity index (χ0) is 26.6. The summed E-state index contributed by atoms with van der Waals surface area (Å²) in [5.74, 6) is 0.638. The highest BCUT2D eigenvalue weighted by molar-refractivity contribution is 6.19. The van der Waals surface area contributed by atoms with Crippen molar-refractivity contribution in [2.75, 3.05) is 0 Å². The van der Waals surface area contributed by atoms with E-state index in [4.69, 9.17) is 4.42 Å². The fourth-order valence-electron chi connectivity index (χ4n) is 5.96. The number of aromatic nitrogens is 1. The van der Waals surface area contributed by atoms with Gasteiger partial charge in [-0.3, -0.25) is 0 Å². The smallest absolute Gasteiger partial charge is 0.222 e. The average Bonchev–Trinajstić information content (AvgIpc) is 3.30. The fourth-order valence-corrected chi connectivity index (χ4v) is 5.96. The van der Waals surface area contributed by atoms with E-state index in [-0.39, 0.29) is 5.41 Å². The second kappa shape index (κ2) is 9.27. The van der Waals surface area contributed by atoms with Crippen molar-refractivity contribution in [3.8, 4) is 11.1 Å². The van der Waals surface area contributed by atoms with E-state index in [1.54, 1.807) is 0 Å². The van der Waals surface area contributed by atoms with Gasteiger partial charge in [-0.2, -0.15) is 4.40 Å². The number of aryl methyl sites for hydroxylation is 1. The molecule has 0 amide bonds. The molecule has 0 bridgehead atoms. The summed E-state index contributed by atoms with van der Waals surface area (Å²) in [6.45, 7) is 13.7. The Hall–Kier alpha value is -3.65. The molecule has 0 radical (unpaired) electrons. The topological polar surface area (TPSA) is 17.2 Å². The number of fused-ring (bicyclic) bond motifs is 7. The molecule has 0 N–H and O–H groups in total. The maximum Gasteiger partial charge on any atom is 0.222 e. The van der Waals surface area contributed by atoms with E-state index in [2.05, 4.69) is 125 Å². The number of hydrogen-bond donors (Lipinski definition) is 0. The number of benzene rings is 3. The van der Waals surface area contributed by atoms with Crippen LogP contribution in [0, 0.1) is 5.92 Å².